The number of nitrogens with two attached hydrogens (primary N) is 1. The maximum atomic E-state index is 11.9. The van der Waals surface area contributed by atoms with Gasteiger partial charge in [0.05, 0.1) is 12.3 Å². The van der Waals surface area contributed by atoms with Crippen LogP contribution in [-0.2, 0) is 4.74 Å². The largest absolute Gasteiger partial charge is 0.522 e. The summed E-state index contributed by atoms with van der Waals surface area (Å²) < 4.78 is 44.8. The molecule has 1 aliphatic rings. The number of alkyl halides is 3. The van der Waals surface area contributed by atoms with Crippen LogP contribution in [0.4, 0.5) is 18.9 Å². The molecule has 7 heteroatoms. The number of nitrogens with zero attached hydrogens (tertiary/aromatic N) is 1. The third-order valence-electron chi connectivity index (χ3n) is 3.35. The molecule has 0 bridgehead atoms. The van der Waals surface area contributed by atoms with Gasteiger partial charge in [0.25, 0.3) is 0 Å². The quantitative estimate of drug-likeness (QED) is 0.849. The first-order chi connectivity index (χ1) is 9.96. The maximum absolute atomic E-state index is 11.9. The van der Waals surface area contributed by atoms with E-state index in [9.17, 15) is 13.2 Å². The summed E-state index contributed by atoms with van der Waals surface area (Å²) in [5.41, 5.74) is 6.76. The van der Waals surface area contributed by atoms with Gasteiger partial charge < -0.3 is 15.4 Å². The van der Waals surface area contributed by atoms with Crippen LogP contribution < -0.4 is 15.4 Å². The molecule has 0 radical (unpaired) electrons. The second kappa shape index (κ2) is 7.00. The summed E-state index contributed by atoms with van der Waals surface area (Å²) in [7, 11) is 0. The Hall–Kier alpha value is -1.47. The summed E-state index contributed by atoms with van der Waals surface area (Å²) in [6, 6.07) is 7.53. The molecule has 4 nitrogen and oxygen atoms in total. The predicted octanol–water partition coefficient (Wildman–Crippen LogP) is 2.53. The van der Waals surface area contributed by atoms with Crippen molar-refractivity contribution in [2.24, 2.45) is 5.73 Å². The van der Waals surface area contributed by atoms with Crippen LogP contribution in [0, 0.1) is 0 Å². The molecule has 1 aromatic carbocycles. The van der Waals surface area contributed by atoms with Crippen LogP contribution in [0.3, 0.4) is 0 Å². The maximum Gasteiger partial charge on any atom is 0.522 e. The van der Waals surface area contributed by atoms with E-state index in [0.717, 1.165) is 31.6 Å². The van der Waals surface area contributed by atoms with E-state index < -0.39 is 13.0 Å². The Morgan fingerprint density at radius 3 is 2.48 bits per heavy atom. The minimum Gasteiger partial charge on any atom is -0.489 e. The second-order valence-electron chi connectivity index (χ2n) is 4.93. The Morgan fingerprint density at radius 2 is 1.81 bits per heavy atom. The van der Waals surface area contributed by atoms with Crippen LogP contribution >= 0.6 is 0 Å². The van der Waals surface area contributed by atoms with Gasteiger partial charge in [-0.05, 0) is 25.0 Å². The third kappa shape index (κ3) is 5.09. The number of rotatable bonds is 5. The fourth-order valence-electron chi connectivity index (χ4n) is 2.29. The molecule has 1 heterocycles. The van der Waals surface area contributed by atoms with Gasteiger partial charge in [-0.15, -0.1) is 13.2 Å². The van der Waals surface area contributed by atoms with E-state index in [-0.39, 0.29) is 12.6 Å². The topological polar surface area (TPSA) is 47.7 Å². The van der Waals surface area contributed by atoms with E-state index in [4.69, 9.17) is 10.5 Å². The average Bonchev–Trinajstić information content (AvgIpc) is 2.44. The zero-order valence-electron chi connectivity index (χ0n) is 11.6. The van der Waals surface area contributed by atoms with E-state index in [1.165, 1.54) is 0 Å². The third-order valence-corrected chi connectivity index (χ3v) is 3.35. The van der Waals surface area contributed by atoms with E-state index in [2.05, 4.69) is 9.64 Å². The fraction of sp³-hybridized carbons (Fsp3) is 0.571. The lowest BCUT2D eigenvalue weighted by atomic mass is 10.1. The number of para-hydroxylation sites is 2. The van der Waals surface area contributed by atoms with Crippen LogP contribution in [0.1, 0.15) is 12.8 Å². The Bertz CT molecular complexity index is 446. The number of ether oxygens (including phenoxy) is 2. The fourth-order valence-corrected chi connectivity index (χ4v) is 2.29. The van der Waals surface area contributed by atoms with Crippen molar-refractivity contribution < 1.29 is 22.6 Å². The van der Waals surface area contributed by atoms with Crippen LogP contribution in [0.15, 0.2) is 24.3 Å². The first kappa shape index (κ1) is 15.9. The Balaban J connectivity index is 1.91. The van der Waals surface area contributed by atoms with Crippen molar-refractivity contribution >= 4 is 5.69 Å². The second-order valence-corrected chi connectivity index (χ2v) is 4.93. The number of halogens is 3. The van der Waals surface area contributed by atoms with Gasteiger partial charge in [0.15, 0.2) is 0 Å². The highest BCUT2D eigenvalue weighted by Gasteiger charge is 2.28. The molecule has 1 saturated heterocycles. The SMILES string of the molecule is NC1CCN(c2ccccc2OCCOC(F)(F)F)CC1. The van der Waals surface area contributed by atoms with E-state index >= 15 is 0 Å². The van der Waals surface area contributed by atoms with Gasteiger partial charge in [0, 0.05) is 19.1 Å². The van der Waals surface area contributed by atoms with Crippen LogP contribution in [0.2, 0.25) is 0 Å². The molecule has 0 aromatic heterocycles. The highest BCUT2D eigenvalue weighted by Crippen LogP contribution is 2.30. The molecular formula is C14H19F3N2O2. The van der Waals surface area contributed by atoms with Crippen molar-refractivity contribution in [3.05, 3.63) is 24.3 Å². The highest BCUT2D eigenvalue weighted by molar-refractivity contribution is 5.58. The van der Waals surface area contributed by atoms with Crippen molar-refractivity contribution in [3.8, 4) is 5.75 Å². The van der Waals surface area contributed by atoms with Gasteiger partial charge in [0.2, 0.25) is 0 Å². The average molecular weight is 304 g/mol. The summed E-state index contributed by atoms with van der Waals surface area (Å²) in [6.07, 6.45) is -2.83. The standard InChI is InChI=1S/C14H19F3N2O2/c15-14(16,17)21-10-9-20-13-4-2-1-3-12(13)19-7-5-11(18)6-8-19/h1-4,11H,5-10,18H2. The molecule has 118 valence electrons. The summed E-state index contributed by atoms with van der Waals surface area (Å²) in [6.45, 7) is 0.966. The lowest BCUT2D eigenvalue weighted by Gasteiger charge is -2.33. The molecular weight excluding hydrogens is 285 g/mol. The van der Waals surface area contributed by atoms with Crippen LogP contribution in [0.5, 0.6) is 5.75 Å². The van der Waals surface area contributed by atoms with Crippen molar-refractivity contribution in [1.82, 2.24) is 0 Å². The van der Waals surface area contributed by atoms with Crippen LogP contribution in [-0.4, -0.2) is 38.7 Å². The lowest BCUT2D eigenvalue weighted by Crippen LogP contribution is -2.39. The van der Waals surface area contributed by atoms with Crippen molar-refractivity contribution in [2.45, 2.75) is 25.2 Å². The Labute approximate surface area is 121 Å². The number of hydrogen-bond acceptors (Lipinski definition) is 4. The van der Waals surface area contributed by atoms with Crippen LogP contribution in [0.25, 0.3) is 0 Å². The van der Waals surface area contributed by atoms with Gasteiger partial charge in [-0.1, -0.05) is 12.1 Å². The summed E-state index contributed by atoms with van der Waals surface area (Å²) in [5.74, 6) is 0.568. The Kier molecular flexibility index (Phi) is 5.30. The molecule has 0 atom stereocenters. The molecule has 0 amide bonds. The van der Waals surface area contributed by atoms with Crippen molar-refractivity contribution in [3.63, 3.8) is 0 Å². The summed E-state index contributed by atoms with van der Waals surface area (Å²) in [4.78, 5) is 2.14. The molecule has 21 heavy (non-hydrogen) atoms. The monoisotopic (exact) mass is 304 g/mol. The highest BCUT2D eigenvalue weighted by atomic mass is 19.4. The molecule has 1 fully saturated rings. The van der Waals surface area contributed by atoms with Gasteiger partial charge in [-0.2, -0.15) is 0 Å². The zero-order chi connectivity index (χ0) is 15.3. The minimum absolute atomic E-state index is 0.149. The molecule has 0 aliphatic carbocycles. The molecule has 0 unspecified atom stereocenters. The number of hydrogen-bond donors (Lipinski definition) is 1. The molecule has 0 spiro atoms. The Morgan fingerprint density at radius 1 is 1.14 bits per heavy atom. The lowest BCUT2D eigenvalue weighted by molar-refractivity contribution is -0.325. The molecule has 2 N–H and O–H groups in total. The van der Waals surface area contributed by atoms with Gasteiger partial charge in [-0.25, -0.2) is 0 Å². The minimum atomic E-state index is -4.62. The first-order valence-electron chi connectivity index (χ1n) is 6.89. The first-order valence-corrected chi connectivity index (χ1v) is 6.89. The molecule has 1 aromatic rings. The van der Waals surface area contributed by atoms with Crippen molar-refractivity contribution in [1.29, 1.82) is 0 Å². The van der Waals surface area contributed by atoms with Crippen molar-refractivity contribution in [2.75, 3.05) is 31.2 Å². The zero-order valence-corrected chi connectivity index (χ0v) is 11.6. The number of benzene rings is 1. The number of piperidine rings is 1. The van der Waals surface area contributed by atoms with Gasteiger partial charge in [-0.3, -0.25) is 4.74 Å². The van der Waals surface area contributed by atoms with E-state index in [1.54, 1.807) is 12.1 Å². The molecule has 2 rings (SSSR count). The number of anilines is 1. The predicted molar refractivity (Wildman–Crippen MR) is 73.4 cm³/mol. The van der Waals surface area contributed by atoms with Gasteiger partial charge >= 0.3 is 6.36 Å². The van der Waals surface area contributed by atoms with E-state index in [0.29, 0.717) is 5.75 Å². The summed E-state index contributed by atoms with van der Waals surface area (Å²) in [5, 5.41) is 0. The normalized spacial score (nSPS) is 17.0. The molecule has 1 aliphatic heterocycles. The summed E-state index contributed by atoms with van der Waals surface area (Å²) >= 11 is 0. The molecule has 0 saturated carbocycles. The van der Waals surface area contributed by atoms with E-state index in [1.807, 2.05) is 12.1 Å². The smallest absolute Gasteiger partial charge is 0.489 e. The van der Waals surface area contributed by atoms with Gasteiger partial charge in [0.1, 0.15) is 12.4 Å².